The molecule has 1 aromatic carbocycles. The fourth-order valence-corrected chi connectivity index (χ4v) is 4.00. The highest BCUT2D eigenvalue weighted by molar-refractivity contribution is 7.89. The van der Waals surface area contributed by atoms with Crippen molar-refractivity contribution in [1.82, 2.24) is 14.5 Å². The van der Waals surface area contributed by atoms with Crippen LogP contribution >= 0.6 is 0 Å². The molecule has 0 amide bonds. The average molecular weight is 293 g/mol. The molecule has 2 aromatic rings. The predicted molar refractivity (Wildman–Crippen MR) is 72.7 cm³/mol. The molecular formula is C13H15N3O3S. The van der Waals surface area contributed by atoms with Gasteiger partial charge in [0, 0.05) is 13.1 Å². The van der Waals surface area contributed by atoms with E-state index in [-0.39, 0.29) is 17.2 Å². The molecule has 2 heterocycles. The number of hydrogen-bond donors (Lipinski definition) is 2. The van der Waals surface area contributed by atoms with Gasteiger partial charge in [0.2, 0.25) is 10.0 Å². The molecule has 0 bridgehead atoms. The molecule has 1 aliphatic heterocycles. The lowest BCUT2D eigenvalue weighted by Gasteiger charge is -2.27. The highest BCUT2D eigenvalue weighted by Crippen LogP contribution is 2.27. The summed E-state index contributed by atoms with van der Waals surface area (Å²) in [6.45, 7) is 2.39. The van der Waals surface area contributed by atoms with Crippen molar-refractivity contribution in [2.24, 2.45) is 0 Å². The van der Waals surface area contributed by atoms with Gasteiger partial charge < -0.3 is 5.11 Å². The quantitative estimate of drug-likeness (QED) is 0.870. The molecule has 0 atom stereocenters. The lowest BCUT2D eigenvalue weighted by molar-refractivity contribution is 0.388. The second kappa shape index (κ2) is 4.60. The van der Waals surface area contributed by atoms with Crippen molar-refractivity contribution >= 4 is 10.0 Å². The van der Waals surface area contributed by atoms with Gasteiger partial charge in [0.25, 0.3) is 0 Å². The third-order valence-corrected chi connectivity index (χ3v) is 5.53. The van der Waals surface area contributed by atoms with Gasteiger partial charge in [0.15, 0.2) is 0 Å². The van der Waals surface area contributed by atoms with Gasteiger partial charge in [-0.2, -0.15) is 9.40 Å². The zero-order chi connectivity index (χ0) is 14.3. The van der Waals surface area contributed by atoms with Gasteiger partial charge in [-0.05, 0) is 36.6 Å². The number of aryl methyl sites for hydroxylation is 1. The molecule has 0 saturated heterocycles. The van der Waals surface area contributed by atoms with Crippen LogP contribution in [0.25, 0.3) is 0 Å². The topological polar surface area (TPSA) is 86.3 Å². The number of nitrogens with one attached hydrogen (secondary N) is 1. The fraction of sp³-hybridized carbons (Fsp3) is 0.308. The summed E-state index contributed by atoms with van der Waals surface area (Å²) in [7, 11) is -3.55. The van der Waals surface area contributed by atoms with E-state index < -0.39 is 10.0 Å². The van der Waals surface area contributed by atoms with Crippen LogP contribution in [0.2, 0.25) is 0 Å². The molecule has 1 aliphatic rings. The minimum absolute atomic E-state index is 0.155. The van der Waals surface area contributed by atoms with Crippen LogP contribution in [0.3, 0.4) is 0 Å². The number of hydrogen-bond acceptors (Lipinski definition) is 4. The van der Waals surface area contributed by atoms with E-state index in [0.29, 0.717) is 18.7 Å². The summed E-state index contributed by atoms with van der Waals surface area (Å²) in [5, 5.41) is 15.9. The third-order valence-electron chi connectivity index (χ3n) is 3.57. The van der Waals surface area contributed by atoms with Crippen molar-refractivity contribution in [3.05, 3.63) is 41.2 Å². The van der Waals surface area contributed by atoms with Gasteiger partial charge in [-0.1, -0.05) is 6.07 Å². The summed E-state index contributed by atoms with van der Waals surface area (Å²) in [4.78, 5) is 0.209. The van der Waals surface area contributed by atoms with Crippen LogP contribution in [-0.4, -0.2) is 34.6 Å². The first-order valence-electron chi connectivity index (χ1n) is 6.29. The zero-order valence-corrected chi connectivity index (χ0v) is 11.8. The van der Waals surface area contributed by atoms with E-state index in [4.69, 9.17) is 0 Å². The molecule has 6 nitrogen and oxygen atoms in total. The van der Waals surface area contributed by atoms with Crippen LogP contribution in [0.15, 0.2) is 29.3 Å². The molecule has 3 rings (SSSR count). The van der Waals surface area contributed by atoms with E-state index in [2.05, 4.69) is 10.2 Å². The Balaban J connectivity index is 1.96. The van der Waals surface area contributed by atoms with Crippen molar-refractivity contribution in [1.29, 1.82) is 0 Å². The van der Waals surface area contributed by atoms with Crippen molar-refractivity contribution in [2.75, 3.05) is 6.54 Å². The van der Waals surface area contributed by atoms with E-state index in [1.807, 2.05) is 6.07 Å². The zero-order valence-electron chi connectivity index (χ0n) is 11.0. The van der Waals surface area contributed by atoms with Gasteiger partial charge >= 0.3 is 0 Å². The maximum atomic E-state index is 12.6. The number of H-pyrrole nitrogens is 1. The smallest absolute Gasteiger partial charge is 0.246 e. The van der Waals surface area contributed by atoms with Crippen molar-refractivity contribution in [3.63, 3.8) is 0 Å². The number of benzene rings is 1. The number of fused-ring (bicyclic) bond motifs is 1. The number of phenols is 1. The second-order valence-electron chi connectivity index (χ2n) is 4.90. The third kappa shape index (κ3) is 2.08. The van der Waals surface area contributed by atoms with Crippen LogP contribution in [0, 0.1) is 6.92 Å². The van der Waals surface area contributed by atoms with E-state index in [9.17, 15) is 13.5 Å². The molecule has 0 aliphatic carbocycles. The minimum atomic E-state index is -3.55. The van der Waals surface area contributed by atoms with Crippen molar-refractivity contribution in [3.8, 4) is 5.75 Å². The predicted octanol–water partition coefficient (Wildman–Crippen LogP) is 1.17. The van der Waals surface area contributed by atoms with Gasteiger partial charge in [-0.3, -0.25) is 5.10 Å². The van der Waals surface area contributed by atoms with Crippen LogP contribution < -0.4 is 0 Å². The van der Waals surface area contributed by atoms with Crippen LogP contribution in [0.5, 0.6) is 5.75 Å². The SMILES string of the molecule is Cc1[nH]ncc1S(=O)(=O)N1CCc2ccc(O)cc2C1. The highest BCUT2D eigenvalue weighted by atomic mass is 32.2. The lowest BCUT2D eigenvalue weighted by atomic mass is 10.0. The lowest BCUT2D eigenvalue weighted by Crippen LogP contribution is -2.36. The molecule has 0 unspecified atom stereocenters. The first-order chi connectivity index (χ1) is 9.48. The summed E-state index contributed by atoms with van der Waals surface area (Å²) in [5.41, 5.74) is 2.46. The largest absolute Gasteiger partial charge is 0.508 e. The molecule has 0 saturated carbocycles. The fourth-order valence-electron chi connectivity index (χ4n) is 2.46. The number of aromatic amines is 1. The number of aromatic hydroxyl groups is 1. The summed E-state index contributed by atoms with van der Waals surface area (Å²) < 4.78 is 26.6. The standard InChI is InChI=1S/C13H15N3O3S/c1-9-13(7-14-15-9)20(18,19)16-5-4-10-2-3-12(17)6-11(10)8-16/h2-3,6-7,17H,4-5,8H2,1H3,(H,14,15). The monoisotopic (exact) mass is 293 g/mol. The van der Waals surface area contributed by atoms with Crippen molar-refractivity contribution < 1.29 is 13.5 Å². The molecule has 2 N–H and O–H groups in total. The molecular weight excluding hydrogens is 278 g/mol. The van der Waals surface area contributed by atoms with Crippen molar-refractivity contribution in [2.45, 2.75) is 24.8 Å². The summed E-state index contributed by atoms with van der Waals surface area (Å²) in [6.07, 6.45) is 1.98. The summed E-state index contributed by atoms with van der Waals surface area (Å²) in [6, 6.07) is 5.10. The Morgan fingerprint density at radius 2 is 2.15 bits per heavy atom. The second-order valence-corrected chi connectivity index (χ2v) is 6.81. The minimum Gasteiger partial charge on any atom is -0.508 e. The Labute approximate surface area is 117 Å². The highest BCUT2D eigenvalue weighted by Gasteiger charge is 2.30. The van der Waals surface area contributed by atoms with E-state index in [1.54, 1.807) is 19.1 Å². The molecule has 0 spiro atoms. The number of phenolic OH excluding ortho intramolecular Hbond substituents is 1. The van der Waals surface area contributed by atoms with Gasteiger partial charge in [0.05, 0.1) is 11.9 Å². The number of aromatic nitrogens is 2. The Morgan fingerprint density at radius 1 is 1.35 bits per heavy atom. The van der Waals surface area contributed by atoms with Gasteiger partial charge in [0.1, 0.15) is 10.6 Å². The maximum absolute atomic E-state index is 12.6. The Bertz CT molecular complexity index is 752. The van der Waals surface area contributed by atoms with Crippen LogP contribution in [-0.2, 0) is 23.0 Å². The molecule has 106 valence electrons. The molecule has 7 heteroatoms. The summed E-state index contributed by atoms with van der Waals surface area (Å²) in [5.74, 6) is 0.155. The van der Waals surface area contributed by atoms with Crippen LogP contribution in [0.4, 0.5) is 0 Å². The first-order valence-corrected chi connectivity index (χ1v) is 7.73. The van der Waals surface area contributed by atoms with E-state index >= 15 is 0 Å². The van der Waals surface area contributed by atoms with Gasteiger partial charge in [-0.15, -0.1) is 0 Å². The molecule has 0 radical (unpaired) electrons. The molecule has 1 aromatic heterocycles. The first kappa shape index (κ1) is 13.1. The van der Waals surface area contributed by atoms with E-state index in [0.717, 1.165) is 11.1 Å². The maximum Gasteiger partial charge on any atom is 0.246 e. The number of sulfonamides is 1. The number of rotatable bonds is 2. The van der Waals surface area contributed by atoms with Gasteiger partial charge in [-0.25, -0.2) is 8.42 Å². The van der Waals surface area contributed by atoms with E-state index in [1.165, 1.54) is 10.5 Å². The average Bonchev–Trinajstić information content (AvgIpc) is 2.84. The molecule has 20 heavy (non-hydrogen) atoms. The summed E-state index contributed by atoms with van der Waals surface area (Å²) >= 11 is 0. The van der Waals surface area contributed by atoms with Crippen LogP contribution in [0.1, 0.15) is 16.8 Å². The molecule has 0 fully saturated rings. The number of nitrogens with zero attached hydrogens (tertiary/aromatic N) is 2. The Hall–Kier alpha value is -1.86. The Kier molecular flexibility index (Phi) is 3.02. The Morgan fingerprint density at radius 3 is 2.85 bits per heavy atom. The normalized spacial score (nSPS) is 16.1.